The molecule has 0 unspecified atom stereocenters. The van der Waals surface area contributed by atoms with Crippen molar-refractivity contribution in [2.75, 3.05) is 0 Å². The Kier molecular flexibility index (Phi) is 4.35. The number of aromatic nitrogens is 1. The van der Waals surface area contributed by atoms with E-state index in [0.29, 0.717) is 5.69 Å². The Bertz CT molecular complexity index is 680. The summed E-state index contributed by atoms with van der Waals surface area (Å²) < 4.78 is 5.21. The Morgan fingerprint density at radius 1 is 1.18 bits per heavy atom. The van der Waals surface area contributed by atoms with Gasteiger partial charge in [-0.3, -0.25) is 0 Å². The van der Waals surface area contributed by atoms with E-state index in [-0.39, 0.29) is 23.3 Å². The zero-order valence-corrected chi connectivity index (χ0v) is 12.8. The summed E-state index contributed by atoms with van der Waals surface area (Å²) in [6, 6.07) is 10.8. The lowest BCUT2D eigenvalue weighted by Gasteiger charge is -2.15. The van der Waals surface area contributed by atoms with E-state index in [1.54, 1.807) is 6.07 Å². The Hall–Kier alpha value is -2.56. The molecule has 0 aliphatic heterocycles. The predicted octanol–water partition coefficient (Wildman–Crippen LogP) is 3.37. The van der Waals surface area contributed by atoms with Crippen molar-refractivity contribution in [2.45, 2.75) is 32.8 Å². The number of aromatic carboxylic acids is 1. The van der Waals surface area contributed by atoms with Gasteiger partial charge in [0.15, 0.2) is 0 Å². The first-order valence-electron chi connectivity index (χ1n) is 6.97. The molecule has 2 N–H and O–H groups in total. The monoisotopic (exact) mass is 301 g/mol. The summed E-state index contributed by atoms with van der Waals surface area (Å²) in [6.45, 7) is 5.91. The van der Waals surface area contributed by atoms with Crippen LogP contribution in [0.4, 0.5) is 0 Å². The fourth-order valence-corrected chi connectivity index (χ4v) is 1.99. The summed E-state index contributed by atoms with van der Waals surface area (Å²) in [4.78, 5) is 26.3. The first kappa shape index (κ1) is 15.8. The van der Waals surface area contributed by atoms with Crippen LogP contribution >= 0.6 is 0 Å². The van der Waals surface area contributed by atoms with Gasteiger partial charge in [-0.05, 0) is 11.6 Å². The van der Waals surface area contributed by atoms with Crippen LogP contribution in [0.1, 0.15) is 52.9 Å². The number of nitrogens with one attached hydrogen (secondary N) is 1. The van der Waals surface area contributed by atoms with Gasteiger partial charge in [-0.1, -0.05) is 51.1 Å². The molecule has 0 spiro atoms. The molecule has 2 rings (SSSR count). The van der Waals surface area contributed by atoms with E-state index in [2.05, 4.69) is 4.98 Å². The van der Waals surface area contributed by atoms with Crippen molar-refractivity contribution in [3.63, 3.8) is 0 Å². The molecule has 5 heteroatoms. The maximum absolute atomic E-state index is 12.2. The molecule has 0 fully saturated rings. The molecule has 5 nitrogen and oxygen atoms in total. The number of aromatic amines is 1. The molecule has 22 heavy (non-hydrogen) atoms. The maximum Gasteiger partial charge on any atom is 0.353 e. The number of ether oxygens (including phenoxy) is 1. The molecule has 116 valence electrons. The number of carboxylic acid groups (broad SMARTS) is 1. The van der Waals surface area contributed by atoms with Crippen molar-refractivity contribution in [1.82, 2.24) is 4.98 Å². The second-order valence-electron chi connectivity index (χ2n) is 6.09. The van der Waals surface area contributed by atoms with Crippen LogP contribution in [0.2, 0.25) is 0 Å². The van der Waals surface area contributed by atoms with Gasteiger partial charge in [0.05, 0.1) is 5.56 Å². The fourth-order valence-electron chi connectivity index (χ4n) is 1.99. The van der Waals surface area contributed by atoms with Gasteiger partial charge >= 0.3 is 11.9 Å². The zero-order valence-electron chi connectivity index (χ0n) is 12.8. The average molecular weight is 301 g/mol. The lowest BCUT2D eigenvalue weighted by molar-refractivity contribution is 0.0463. The Morgan fingerprint density at radius 3 is 2.36 bits per heavy atom. The van der Waals surface area contributed by atoms with Gasteiger partial charge < -0.3 is 14.8 Å². The minimum Gasteiger partial charge on any atom is -0.477 e. The third-order valence-electron chi connectivity index (χ3n) is 3.27. The molecule has 1 aromatic carbocycles. The molecular formula is C17H19NO4. The summed E-state index contributed by atoms with van der Waals surface area (Å²) >= 11 is 0. The number of H-pyrrole nitrogens is 1. The Morgan fingerprint density at radius 2 is 1.82 bits per heavy atom. The first-order chi connectivity index (χ1) is 10.3. The molecular weight excluding hydrogens is 282 g/mol. The summed E-state index contributed by atoms with van der Waals surface area (Å²) in [6.07, 6.45) is 0. The van der Waals surface area contributed by atoms with E-state index in [1.807, 2.05) is 51.1 Å². The molecule has 2 aromatic rings. The number of hydrogen-bond donors (Lipinski definition) is 2. The normalized spacial score (nSPS) is 11.2. The summed E-state index contributed by atoms with van der Waals surface area (Å²) in [7, 11) is 0. The van der Waals surface area contributed by atoms with Gasteiger partial charge in [-0.25, -0.2) is 9.59 Å². The average Bonchev–Trinajstić information content (AvgIpc) is 2.91. The van der Waals surface area contributed by atoms with Gasteiger partial charge in [0, 0.05) is 11.1 Å². The molecule has 0 saturated carbocycles. The van der Waals surface area contributed by atoms with Crippen LogP contribution in [-0.2, 0) is 16.8 Å². The third-order valence-corrected chi connectivity index (χ3v) is 3.27. The number of esters is 1. The van der Waals surface area contributed by atoms with Crippen molar-refractivity contribution in [1.29, 1.82) is 0 Å². The van der Waals surface area contributed by atoms with Crippen molar-refractivity contribution < 1.29 is 19.4 Å². The van der Waals surface area contributed by atoms with E-state index in [4.69, 9.17) is 4.74 Å². The number of carbonyl (C=O) groups is 2. The van der Waals surface area contributed by atoms with Gasteiger partial charge in [-0.2, -0.15) is 0 Å². The molecule has 0 saturated heterocycles. The van der Waals surface area contributed by atoms with Gasteiger partial charge in [-0.15, -0.1) is 0 Å². The summed E-state index contributed by atoms with van der Waals surface area (Å²) in [5.41, 5.74) is 1.15. The van der Waals surface area contributed by atoms with Gasteiger partial charge in [0.25, 0.3) is 0 Å². The van der Waals surface area contributed by atoms with E-state index in [9.17, 15) is 14.7 Å². The number of carboxylic acids is 1. The molecule has 0 radical (unpaired) electrons. The number of carbonyl (C=O) groups excluding carboxylic acids is 1. The quantitative estimate of drug-likeness (QED) is 0.849. The third kappa shape index (κ3) is 3.55. The largest absolute Gasteiger partial charge is 0.477 e. The number of rotatable bonds is 4. The standard InChI is InChI=1S/C17H19NO4/c1-17(2,3)13-9-12(14(18-13)15(19)20)16(21)22-10-11-7-5-4-6-8-11/h4-9,18H,10H2,1-3H3,(H,19,20). The predicted molar refractivity (Wildman–Crippen MR) is 82.0 cm³/mol. The maximum atomic E-state index is 12.2. The lowest BCUT2D eigenvalue weighted by atomic mass is 9.92. The molecule has 0 amide bonds. The lowest BCUT2D eigenvalue weighted by Crippen LogP contribution is -2.12. The van der Waals surface area contributed by atoms with Crippen molar-refractivity contribution >= 4 is 11.9 Å². The molecule has 0 atom stereocenters. The van der Waals surface area contributed by atoms with E-state index in [1.165, 1.54) is 0 Å². The SMILES string of the molecule is CC(C)(C)c1cc(C(=O)OCc2ccccc2)c(C(=O)O)[nH]1. The van der Waals surface area contributed by atoms with Crippen LogP contribution in [0, 0.1) is 0 Å². The highest BCUT2D eigenvalue weighted by atomic mass is 16.5. The van der Waals surface area contributed by atoms with E-state index < -0.39 is 11.9 Å². The smallest absolute Gasteiger partial charge is 0.353 e. The number of hydrogen-bond acceptors (Lipinski definition) is 3. The number of benzene rings is 1. The van der Waals surface area contributed by atoms with Crippen LogP contribution < -0.4 is 0 Å². The van der Waals surface area contributed by atoms with Crippen LogP contribution in [0.5, 0.6) is 0 Å². The second kappa shape index (κ2) is 6.05. The van der Waals surface area contributed by atoms with Gasteiger partial charge in [0.1, 0.15) is 12.3 Å². The van der Waals surface area contributed by atoms with Crippen molar-refractivity contribution in [3.8, 4) is 0 Å². The molecule has 0 bridgehead atoms. The Labute approximate surface area is 128 Å². The Balaban J connectivity index is 2.21. The fraction of sp³-hybridized carbons (Fsp3) is 0.294. The van der Waals surface area contributed by atoms with Crippen LogP contribution in [-0.4, -0.2) is 22.0 Å². The zero-order chi connectivity index (χ0) is 16.3. The summed E-state index contributed by atoms with van der Waals surface area (Å²) in [5, 5.41) is 9.24. The van der Waals surface area contributed by atoms with Crippen LogP contribution in [0.25, 0.3) is 0 Å². The molecule has 0 aliphatic carbocycles. The first-order valence-corrected chi connectivity index (χ1v) is 6.97. The minimum atomic E-state index is -1.18. The molecule has 1 heterocycles. The van der Waals surface area contributed by atoms with E-state index in [0.717, 1.165) is 5.56 Å². The molecule has 1 aromatic heterocycles. The summed E-state index contributed by atoms with van der Waals surface area (Å²) in [5.74, 6) is -1.82. The van der Waals surface area contributed by atoms with Crippen molar-refractivity contribution in [2.24, 2.45) is 0 Å². The topological polar surface area (TPSA) is 79.4 Å². The van der Waals surface area contributed by atoms with Crippen LogP contribution in [0.3, 0.4) is 0 Å². The highest BCUT2D eigenvalue weighted by Gasteiger charge is 2.26. The van der Waals surface area contributed by atoms with Crippen LogP contribution in [0.15, 0.2) is 36.4 Å². The van der Waals surface area contributed by atoms with E-state index >= 15 is 0 Å². The second-order valence-corrected chi connectivity index (χ2v) is 6.09. The highest BCUT2D eigenvalue weighted by molar-refractivity contribution is 6.01. The minimum absolute atomic E-state index is 0.0494. The highest BCUT2D eigenvalue weighted by Crippen LogP contribution is 2.24. The van der Waals surface area contributed by atoms with Gasteiger partial charge in [0.2, 0.25) is 0 Å². The molecule has 0 aliphatic rings. The van der Waals surface area contributed by atoms with Crippen molar-refractivity contribution in [3.05, 3.63) is 58.9 Å².